The lowest BCUT2D eigenvalue weighted by molar-refractivity contribution is -0.129. The quantitative estimate of drug-likeness (QED) is 0.682. The van der Waals surface area contributed by atoms with Gasteiger partial charge in [0.15, 0.2) is 0 Å². The molecule has 1 aliphatic rings. The Hall–Kier alpha value is -3.10. The lowest BCUT2D eigenvalue weighted by Crippen LogP contribution is -2.42. The zero-order valence-corrected chi connectivity index (χ0v) is 17.7. The van der Waals surface area contributed by atoms with Gasteiger partial charge in [0.05, 0.1) is 11.0 Å². The fourth-order valence-electron chi connectivity index (χ4n) is 4.23. The first-order valence-corrected chi connectivity index (χ1v) is 10.4. The van der Waals surface area contributed by atoms with E-state index in [0.717, 1.165) is 29.5 Å². The Balaban J connectivity index is 1.70. The van der Waals surface area contributed by atoms with Gasteiger partial charge in [0.1, 0.15) is 13.1 Å². The van der Waals surface area contributed by atoms with Crippen LogP contribution < -0.4 is 11.0 Å². The van der Waals surface area contributed by atoms with Crippen LogP contribution in [0.5, 0.6) is 0 Å². The van der Waals surface area contributed by atoms with Crippen LogP contribution in [0.1, 0.15) is 32.6 Å². The van der Waals surface area contributed by atoms with Crippen molar-refractivity contribution in [1.29, 1.82) is 0 Å². The van der Waals surface area contributed by atoms with Gasteiger partial charge < -0.3 is 10.2 Å². The van der Waals surface area contributed by atoms with Crippen molar-refractivity contribution in [2.24, 2.45) is 5.92 Å². The summed E-state index contributed by atoms with van der Waals surface area (Å²) in [5.41, 5.74) is 1.03. The third-order valence-corrected chi connectivity index (χ3v) is 6.02. The molecule has 3 aromatic rings. The minimum absolute atomic E-state index is 0.0678. The smallest absolute Gasteiger partial charge is 0.352 e. The van der Waals surface area contributed by atoms with E-state index < -0.39 is 5.69 Å². The normalized spacial score (nSPS) is 19.3. The molecule has 9 nitrogen and oxygen atoms in total. The van der Waals surface area contributed by atoms with Crippen LogP contribution in [-0.4, -0.2) is 55.6 Å². The molecular weight excluding hydrogens is 384 g/mol. The van der Waals surface area contributed by atoms with E-state index in [1.807, 2.05) is 24.3 Å². The van der Waals surface area contributed by atoms with E-state index in [4.69, 9.17) is 0 Å². The molecule has 0 saturated heterocycles. The number of rotatable bonds is 5. The van der Waals surface area contributed by atoms with Crippen molar-refractivity contribution >= 4 is 28.6 Å². The third-order valence-electron chi connectivity index (χ3n) is 6.02. The Morgan fingerprint density at radius 3 is 2.53 bits per heavy atom. The van der Waals surface area contributed by atoms with Gasteiger partial charge in [-0.25, -0.2) is 13.9 Å². The number of aromatic nitrogens is 4. The van der Waals surface area contributed by atoms with Crippen LogP contribution in [0.2, 0.25) is 0 Å². The predicted molar refractivity (Wildman–Crippen MR) is 113 cm³/mol. The summed E-state index contributed by atoms with van der Waals surface area (Å²) < 4.78 is 4.37. The topological polar surface area (TPSA) is 93.6 Å². The van der Waals surface area contributed by atoms with Crippen molar-refractivity contribution in [3.8, 4) is 0 Å². The van der Waals surface area contributed by atoms with E-state index in [-0.39, 0.29) is 30.9 Å². The Kier molecular flexibility index (Phi) is 5.36. The molecule has 1 fully saturated rings. The summed E-state index contributed by atoms with van der Waals surface area (Å²) in [5, 5.41) is 7.55. The van der Waals surface area contributed by atoms with Gasteiger partial charge in [0, 0.05) is 20.1 Å². The minimum Gasteiger partial charge on any atom is -0.352 e. The molecule has 2 atom stereocenters. The molecule has 1 aliphatic carbocycles. The van der Waals surface area contributed by atoms with Crippen LogP contribution in [0.25, 0.3) is 16.8 Å². The van der Waals surface area contributed by atoms with Gasteiger partial charge in [-0.3, -0.25) is 14.2 Å². The van der Waals surface area contributed by atoms with Gasteiger partial charge in [-0.15, -0.1) is 5.10 Å². The number of hydrogen-bond donors (Lipinski definition) is 1. The zero-order chi connectivity index (χ0) is 21.4. The highest BCUT2D eigenvalue weighted by Crippen LogP contribution is 2.24. The summed E-state index contributed by atoms with van der Waals surface area (Å²) in [4.78, 5) is 39.3. The number of imidazole rings is 1. The maximum atomic E-state index is 12.9. The first kappa shape index (κ1) is 20.2. The van der Waals surface area contributed by atoms with Gasteiger partial charge in [-0.1, -0.05) is 31.9 Å². The molecule has 0 spiro atoms. The van der Waals surface area contributed by atoms with Crippen molar-refractivity contribution in [3.63, 3.8) is 0 Å². The molecule has 2 amide bonds. The van der Waals surface area contributed by atoms with Crippen LogP contribution in [0.15, 0.2) is 29.1 Å². The van der Waals surface area contributed by atoms with E-state index >= 15 is 0 Å². The van der Waals surface area contributed by atoms with Crippen LogP contribution in [0.3, 0.4) is 0 Å². The van der Waals surface area contributed by atoms with E-state index in [2.05, 4.69) is 17.3 Å². The van der Waals surface area contributed by atoms with E-state index in [1.54, 1.807) is 18.7 Å². The summed E-state index contributed by atoms with van der Waals surface area (Å²) >= 11 is 0. The van der Waals surface area contributed by atoms with Gasteiger partial charge in [-0.2, -0.15) is 0 Å². The van der Waals surface area contributed by atoms with Crippen LogP contribution in [0, 0.1) is 5.92 Å². The molecule has 1 aromatic carbocycles. The maximum Gasteiger partial charge on any atom is 0.352 e. The number of carbonyl (C=O) groups excluding carboxylic acids is 2. The number of nitrogens with zero attached hydrogens (tertiary/aromatic N) is 5. The average Bonchev–Trinajstić information content (AvgIpc) is 3.19. The fraction of sp³-hybridized carbons (Fsp3) is 0.524. The van der Waals surface area contributed by atoms with Crippen LogP contribution >= 0.6 is 0 Å². The third kappa shape index (κ3) is 3.59. The largest absolute Gasteiger partial charge is 0.352 e. The summed E-state index contributed by atoms with van der Waals surface area (Å²) in [6, 6.07) is 7.58. The number of nitrogens with one attached hydrogen (secondary N) is 1. The first-order chi connectivity index (χ1) is 14.4. The maximum absolute atomic E-state index is 12.9. The fourth-order valence-corrected chi connectivity index (χ4v) is 4.23. The van der Waals surface area contributed by atoms with Crippen LogP contribution in [-0.2, 0) is 22.7 Å². The number of para-hydroxylation sites is 2. The molecule has 30 heavy (non-hydrogen) atoms. The number of amides is 2. The SMILES string of the molecule is C[C@@H]1CCCC[C@H]1NC(=O)Cn1c2ccccc2n2c(=O)n(CC(=O)N(C)C)nc12. The molecule has 1 N–H and O–H groups in total. The van der Waals surface area contributed by atoms with E-state index in [9.17, 15) is 14.4 Å². The molecule has 160 valence electrons. The molecule has 2 heterocycles. The van der Waals surface area contributed by atoms with Crippen molar-refractivity contribution in [1.82, 2.24) is 29.0 Å². The molecule has 0 bridgehead atoms. The Morgan fingerprint density at radius 1 is 1.13 bits per heavy atom. The molecule has 0 unspecified atom stereocenters. The van der Waals surface area contributed by atoms with Gasteiger partial charge >= 0.3 is 5.69 Å². The Morgan fingerprint density at radius 2 is 1.83 bits per heavy atom. The Bertz CT molecular complexity index is 1150. The average molecular weight is 412 g/mol. The number of benzene rings is 1. The second-order valence-corrected chi connectivity index (χ2v) is 8.37. The number of hydrogen-bond acceptors (Lipinski definition) is 4. The first-order valence-electron chi connectivity index (χ1n) is 10.4. The van der Waals surface area contributed by atoms with Gasteiger partial charge in [0.2, 0.25) is 17.6 Å². The lowest BCUT2D eigenvalue weighted by atomic mass is 9.86. The minimum atomic E-state index is -0.392. The zero-order valence-electron chi connectivity index (χ0n) is 17.7. The predicted octanol–water partition coefficient (Wildman–Crippen LogP) is 1.23. The van der Waals surface area contributed by atoms with Gasteiger partial charge in [0.25, 0.3) is 0 Å². The summed E-state index contributed by atoms with van der Waals surface area (Å²) in [6.45, 7) is 2.10. The molecular formula is C21H28N6O3. The van der Waals surface area contributed by atoms with E-state index in [1.165, 1.54) is 15.7 Å². The monoisotopic (exact) mass is 412 g/mol. The van der Waals surface area contributed by atoms with E-state index in [0.29, 0.717) is 17.2 Å². The highest BCUT2D eigenvalue weighted by molar-refractivity contribution is 5.84. The molecule has 1 saturated carbocycles. The number of likely N-dealkylation sites (N-methyl/N-ethyl adjacent to an activating group) is 1. The number of fused-ring (bicyclic) bond motifs is 3. The summed E-state index contributed by atoms with van der Waals surface area (Å²) in [6.07, 6.45) is 4.46. The van der Waals surface area contributed by atoms with Crippen molar-refractivity contribution < 1.29 is 9.59 Å². The second kappa shape index (κ2) is 7.97. The summed E-state index contributed by atoms with van der Waals surface area (Å²) in [7, 11) is 3.27. The van der Waals surface area contributed by atoms with Crippen molar-refractivity contribution in [3.05, 3.63) is 34.7 Å². The molecule has 0 aliphatic heterocycles. The molecule has 2 aromatic heterocycles. The molecule has 9 heteroatoms. The lowest BCUT2D eigenvalue weighted by Gasteiger charge is -2.29. The summed E-state index contributed by atoms with van der Waals surface area (Å²) in [5.74, 6) is 0.503. The second-order valence-electron chi connectivity index (χ2n) is 8.37. The van der Waals surface area contributed by atoms with Crippen molar-refractivity contribution in [2.45, 2.75) is 51.7 Å². The Labute approximate surface area is 174 Å². The van der Waals surface area contributed by atoms with Gasteiger partial charge in [-0.05, 0) is 30.9 Å². The highest BCUT2D eigenvalue weighted by atomic mass is 16.2. The highest BCUT2D eigenvalue weighted by Gasteiger charge is 2.25. The molecule has 4 rings (SSSR count). The molecule has 0 radical (unpaired) electrons. The van der Waals surface area contributed by atoms with Crippen molar-refractivity contribution in [2.75, 3.05) is 14.1 Å². The standard InChI is InChI=1S/C21H28N6O3/c1-14-8-4-5-9-15(14)22-18(28)12-25-16-10-6-7-11-17(16)27-20(25)23-26(21(27)30)13-19(29)24(2)3/h6-7,10-11,14-15H,4-5,8-9,12-13H2,1-3H3,(H,22,28)/t14-,15-/m1/s1. The number of carbonyl (C=O) groups is 2. The van der Waals surface area contributed by atoms with Crippen LogP contribution in [0.4, 0.5) is 0 Å².